The molecule has 0 N–H and O–H groups in total. The van der Waals surface area contributed by atoms with E-state index in [-0.39, 0.29) is 11.5 Å². The summed E-state index contributed by atoms with van der Waals surface area (Å²) < 4.78 is 28.9. The number of imidazole rings is 1. The lowest BCUT2D eigenvalue weighted by Crippen LogP contribution is -2.29. The molecule has 1 saturated heterocycles. The van der Waals surface area contributed by atoms with E-state index in [4.69, 9.17) is 0 Å². The van der Waals surface area contributed by atoms with Crippen LogP contribution in [0, 0.1) is 11.6 Å². The van der Waals surface area contributed by atoms with E-state index in [0.717, 1.165) is 35.4 Å². The first-order chi connectivity index (χ1) is 12.0. The van der Waals surface area contributed by atoms with E-state index in [0.29, 0.717) is 13.1 Å². The summed E-state index contributed by atoms with van der Waals surface area (Å²) in [7, 11) is 1.93. The minimum absolute atomic E-state index is 0.0739. The highest BCUT2D eigenvalue weighted by molar-refractivity contribution is 5.94. The Labute approximate surface area is 142 Å². The lowest BCUT2D eigenvalue weighted by molar-refractivity contribution is 0.0785. The van der Waals surface area contributed by atoms with Gasteiger partial charge in [-0.25, -0.2) is 13.8 Å². The number of likely N-dealkylation sites (tertiary alicyclic amines) is 1. The SMILES string of the molecule is Cn1c([C@H]2CCN(C(=O)c3ccc(F)cc3F)C2)nc2ccncc21. The number of amides is 1. The number of carbonyl (C=O) groups excluding carboxylic acids is 1. The fraction of sp³-hybridized carbons (Fsp3) is 0.278. The van der Waals surface area contributed by atoms with Crippen LogP contribution in [0.15, 0.2) is 36.7 Å². The van der Waals surface area contributed by atoms with Crippen LogP contribution >= 0.6 is 0 Å². The predicted octanol–water partition coefficient (Wildman–Crippen LogP) is 2.88. The fourth-order valence-electron chi connectivity index (χ4n) is 3.41. The summed E-state index contributed by atoms with van der Waals surface area (Å²) in [5, 5.41) is 0. The highest BCUT2D eigenvalue weighted by atomic mass is 19.1. The molecular formula is C18H16F2N4O. The Morgan fingerprint density at radius 1 is 1.28 bits per heavy atom. The largest absolute Gasteiger partial charge is 0.338 e. The predicted molar refractivity (Wildman–Crippen MR) is 88.1 cm³/mol. The molecule has 128 valence electrons. The maximum Gasteiger partial charge on any atom is 0.256 e. The van der Waals surface area contributed by atoms with Crippen LogP contribution in [0.1, 0.15) is 28.5 Å². The molecule has 25 heavy (non-hydrogen) atoms. The number of pyridine rings is 1. The van der Waals surface area contributed by atoms with Gasteiger partial charge in [0.15, 0.2) is 0 Å². The summed E-state index contributed by atoms with van der Waals surface area (Å²) in [4.78, 5) is 22.9. The van der Waals surface area contributed by atoms with Crippen molar-refractivity contribution >= 4 is 16.9 Å². The van der Waals surface area contributed by atoms with Crippen molar-refractivity contribution in [2.24, 2.45) is 7.05 Å². The van der Waals surface area contributed by atoms with Crippen LogP contribution in [0.3, 0.4) is 0 Å². The molecule has 0 bridgehead atoms. The molecule has 5 nitrogen and oxygen atoms in total. The van der Waals surface area contributed by atoms with Gasteiger partial charge in [-0.05, 0) is 24.6 Å². The average molecular weight is 342 g/mol. The first kappa shape index (κ1) is 15.7. The van der Waals surface area contributed by atoms with Gasteiger partial charge in [0.05, 0.1) is 22.8 Å². The van der Waals surface area contributed by atoms with Crippen LogP contribution in [-0.4, -0.2) is 38.4 Å². The van der Waals surface area contributed by atoms with E-state index >= 15 is 0 Å². The van der Waals surface area contributed by atoms with E-state index in [9.17, 15) is 13.6 Å². The maximum absolute atomic E-state index is 13.9. The molecule has 0 saturated carbocycles. The number of rotatable bonds is 2. The smallest absolute Gasteiger partial charge is 0.256 e. The van der Waals surface area contributed by atoms with Gasteiger partial charge in [-0.3, -0.25) is 9.78 Å². The zero-order chi connectivity index (χ0) is 17.6. The zero-order valence-electron chi connectivity index (χ0n) is 13.6. The van der Waals surface area contributed by atoms with E-state index in [2.05, 4.69) is 9.97 Å². The van der Waals surface area contributed by atoms with Gasteiger partial charge in [0, 0.05) is 38.3 Å². The summed E-state index contributed by atoms with van der Waals surface area (Å²) in [6.07, 6.45) is 4.21. The third-order valence-corrected chi connectivity index (χ3v) is 4.72. The summed E-state index contributed by atoms with van der Waals surface area (Å²) in [6, 6.07) is 4.88. The van der Waals surface area contributed by atoms with E-state index in [1.165, 1.54) is 6.07 Å². The number of carbonyl (C=O) groups is 1. The van der Waals surface area contributed by atoms with Gasteiger partial charge in [-0.1, -0.05) is 0 Å². The van der Waals surface area contributed by atoms with Crippen molar-refractivity contribution < 1.29 is 13.6 Å². The lowest BCUT2D eigenvalue weighted by atomic mass is 10.1. The Balaban J connectivity index is 1.58. The number of aromatic nitrogens is 3. The molecule has 4 rings (SSSR count). The molecule has 0 unspecified atom stereocenters. The monoisotopic (exact) mass is 342 g/mol. The van der Waals surface area contributed by atoms with Crippen molar-refractivity contribution in [3.05, 3.63) is 59.7 Å². The van der Waals surface area contributed by atoms with Gasteiger partial charge in [-0.15, -0.1) is 0 Å². The molecule has 7 heteroatoms. The normalized spacial score (nSPS) is 17.4. The second-order valence-electron chi connectivity index (χ2n) is 6.25. The molecule has 0 spiro atoms. The van der Waals surface area contributed by atoms with Crippen LogP contribution in [0.5, 0.6) is 0 Å². The molecule has 0 aliphatic carbocycles. The second-order valence-corrected chi connectivity index (χ2v) is 6.25. The number of benzene rings is 1. The summed E-state index contributed by atoms with van der Waals surface area (Å²) in [6.45, 7) is 0.974. The van der Waals surface area contributed by atoms with Gasteiger partial charge >= 0.3 is 0 Å². The molecule has 2 aromatic heterocycles. The van der Waals surface area contributed by atoms with Gasteiger partial charge < -0.3 is 9.47 Å². The zero-order valence-corrected chi connectivity index (χ0v) is 13.6. The van der Waals surface area contributed by atoms with Crippen molar-refractivity contribution in [1.29, 1.82) is 0 Å². The average Bonchev–Trinajstić information content (AvgIpc) is 3.20. The summed E-state index contributed by atoms with van der Waals surface area (Å²) >= 11 is 0. The molecule has 3 heterocycles. The Morgan fingerprint density at radius 2 is 2.12 bits per heavy atom. The fourth-order valence-corrected chi connectivity index (χ4v) is 3.41. The summed E-state index contributed by atoms with van der Waals surface area (Å²) in [5.41, 5.74) is 1.70. The highest BCUT2D eigenvalue weighted by Gasteiger charge is 2.31. The number of nitrogens with zero attached hydrogens (tertiary/aromatic N) is 4. The standard InChI is InChI=1S/C18H16F2N4O/c1-23-16-9-21-6-4-15(16)22-17(23)11-5-7-24(10-11)18(25)13-3-2-12(19)8-14(13)20/h2-4,6,8-9,11H,5,7,10H2,1H3/t11-/m0/s1. The van der Waals surface area contributed by atoms with E-state index < -0.39 is 17.5 Å². The van der Waals surface area contributed by atoms with Crippen LogP contribution in [0.2, 0.25) is 0 Å². The van der Waals surface area contributed by atoms with Crippen molar-refractivity contribution in [1.82, 2.24) is 19.4 Å². The van der Waals surface area contributed by atoms with E-state index in [1.54, 1.807) is 17.3 Å². The van der Waals surface area contributed by atoms with Gasteiger partial charge in [0.25, 0.3) is 5.91 Å². The molecule has 1 aliphatic rings. The van der Waals surface area contributed by atoms with Crippen molar-refractivity contribution in [3.8, 4) is 0 Å². The maximum atomic E-state index is 13.9. The number of hydrogen-bond acceptors (Lipinski definition) is 3. The van der Waals surface area contributed by atoms with Crippen LogP contribution < -0.4 is 0 Å². The van der Waals surface area contributed by atoms with Gasteiger partial charge in [0.2, 0.25) is 0 Å². The lowest BCUT2D eigenvalue weighted by Gasteiger charge is -2.17. The van der Waals surface area contributed by atoms with E-state index in [1.807, 2.05) is 17.7 Å². The minimum Gasteiger partial charge on any atom is -0.338 e. The Kier molecular flexibility index (Phi) is 3.71. The number of halogens is 2. The van der Waals surface area contributed by atoms with Gasteiger partial charge in [0.1, 0.15) is 17.5 Å². The van der Waals surface area contributed by atoms with Crippen LogP contribution in [0.25, 0.3) is 11.0 Å². The van der Waals surface area contributed by atoms with Crippen molar-refractivity contribution in [3.63, 3.8) is 0 Å². The number of aryl methyl sites for hydroxylation is 1. The third-order valence-electron chi connectivity index (χ3n) is 4.72. The number of hydrogen-bond donors (Lipinski definition) is 0. The van der Waals surface area contributed by atoms with Crippen LogP contribution in [0.4, 0.5) is 8.78 Å². The number of fused-ring (bicyclic) bond motifs is 1. The molecule has 0 radical (unpaired) electrons. The topological polar surface area (TPSA) is 51.0 Å². The Morgan fingerprint density at radius 3 is 2.88 bits per heavy atom. The Hall–Kier alpha value is -2.83. The second kappa shape index (κ2) is 5.91. The molecule has 1 aromatic carbocycles. The quantitative estimate of drug-likeness (QED) is 0.720. The minimum atomic E-state index is -0.831. The molecule has 3 aromatic rings. The molecule has 1 fully saturated rings. The first-order valence-electron chi connectivity index (χ1n) is 8.05. The van der Waals surface area contributed by atoms with Crippen molar-refractivity contribution in [2.75, 3.05) is 13.1 Å². The Bertz CT molecular complexity index is 969. The molecule has 1 atom stereocenters. The molecular weight excluding hydrogens is 326 g/mol. The molecule has 1 amide bonds. The highest BCUT2D eigenvalue weighted by Crippen LogP contribution is 2.29. The van der Waals surface area contributed by atoms with Crippen LogP contribution in [-0.2, 0) is 7.05 Å². The summed E-state index contributed by atoms with van der Waals surface area (Å²) in [5.74, 6) is -0.980. The van der Waals surface area contributed by atoms with Crippen molar-refractivity contribution in [2.45, 2.75) is 12.3 Å². The third kappa shape index (κ3) is 2.65. The molecule has 1 aliphatic heterocycles. The first-order valence-corrected chi connectivity index (χ1v) is 8.05. The van der Waals surface area contributed by atoms with Gasteiger partial charge in [-0.2, -0.15) is 0 Å².